The number of carboxylic acid groups (broad SMARTS) is 1. The molecule has 0 amide bonds. The summed E-state index contributed by atoms with van der Waals surface area (Å²) in [5.74, 6) is -0.997. The van der Waals surface area contributed by atoms with Gasteiger partial charge in [-0.2, -0.15) is 0 Å². The molecule has 0 spiro atoms. The monoisotopic (exact) mass is 243 g/mol. The molecule has 0 aromatic heterocycles. The van der Waals surface area contributed by atoms with E-state index < -0.39 is 11.5 Å². The number of aliphatic carboxylic acids is 1. The summed E-state index contributed by atoms with van der Waals surface area (Å²) < 4.78 is 0. The lowest BCUT2D eigenvalue weighted by atomic mass is 9.92. The molecule has 88 valence electrons. The van der Waals surface area contributed by atoms with E-state index in [2.05, 4.69) is 5.32 Å². The van der Waals surface area contributed by atoms with Crippen molar-refractivity contribution < 1.29 is 15.0 Å². The van der Waals surface area contributed by atoms with E-state index in [1.54, 1.807) is 31.2 Å². The van der Waals surface area contributed by atoms with Crippen LogP contribution in [0.5, 0.6) is 0 Å². The van der Waals surface area contributed by atoms with Crippen molar-refractivity contribution in [3.8, 4) is 0 Å². The van der Waals surface area contributed by atoms with Crippen molar-refractivity contribution in [2.75, 3.05) is 13.2 Å². The number of benzene rings is 1. The van der Waals surface area contributed by atoms with Gasteiger partial charge in [-0.05, 0) is 24.6 Å². The molecule has 1 atom stereocenters. The van der Waals surface area contributed by atoms with E-state index in [4.69, 9.17) is 16.7 Å². The van der Waals surface area contributed by atoms with Gasteiger partial charge in [0.2, 0.25) is 0 Å². The second-order valence-corrected chi connectivity index (χ2v) is 4.02. The Balaban J connectivity index is 3.01. The van der Waals surface area contributed by atoms with Crippen LogP contribution in [0.15, 0.2) is 24.3 Å². The molecule has 5 heteroatoms. The average Bonchev–Trinajstić information content (AvgIpc) is 2.26. The maximum atomic E-state index is 11.2. The van der Waals surface area contributed by atoms with Crippen LogP contribution >= 0.6 is 11.6 Å². The van der Waals surface area contributed by atoms with E-state index in [0.29, 0.717) is 10.6 Å². The molecule has 1 aromatic rings. The number of hydrogen-bond donors (Lipinski definition) is 3. The SMILES string of the molecule is CC(NCCO)(C(=O)O)c1ccc(Cl)cc1. The van der Waals surface area contributed by atoms with Crippen molar-refractivity contribution in [3.05, 3.63) is 34.9 Å². The highest BCUT2D eigenvalue weighted by Gasteiger charge is 2.34. The lowest BCUT2D eigenvalue weighted by Gasteiger charge is -2.26. The minimum atomic E-state index is -1.21. The van der Waals surface area contributed by atoms with Crippen molar-refractivity contribution >= 4 is 17.6 Å². The highest BCUT2D eigenvalue weighted by molar-refractivity contribution is 6.30. The van der Waals surface area contributed by atoms with Gasteiger partial charge < -0.3 is 10.2 Å². The minimum Gasteiger partial charge on any atom is -0.480 e. The second kappa shape index (κ2) is 5.30. The predicted molar refractivity (Wildman–Crippen MR) is 61.5 cm³/mol. The van der Waals surface area contributed by atoms with Gasteiger partial charge in [-0.25, -0.2) is 4.79 Å². The van der Waals surface area contributed by atoms with E-state index in [0.717, 1.165) is 0 Å². The molecule has 0 bridgehead atoms. The molecule has 3 N–H and O–H groups in total. The van der Waals surface area contributed by atoms with Gasteiger partial charge in [0.15, 0.2) is 0 Å². The molecule has 0 radical (unpaired) electrons. The van der Waals surface area contributed by atoms with Crippen molar-refractivity contribution in [1.29, 1.82) is 0 Å². The van der Waals surface area contributed by atoms with Crippen LogP contribution in [0.3, 0.4) is 0 Å². The number of hydrogen-bond acceptors (Lipinski definition) is 3. The number of rotatable bonds is 5. The molecule has 0 aliphatic rings. The Labute approximate surface area is 98.9 Å². The number of aliphatic hydroxyl groups is 1. The van der Waals surface area contributed by atoms with Crippen LogP contribution in [-0.2, 0) is 10.3 Å². The maximum Gasteiger partial charge on any atom is 0.328 e. The summed E-state index contributed by atoms with van der Waals surface area (Å²) in [5, 5.41) is 21.3. The molecule has 0 aliphatic carbocycles. The van der Waals surface area contributed by atoms with Gasteiger partial charge in [-0.1, -0.05) is 23.7 Å². The topological polar surface area (TPSA) is 69.6 Å². The number of halogens is 1. The summed E-state index contributed by atoms with van der Waals surface area (Å²) in [7, 11) is 0. The normalized spacial score (nSPS) is 14.4. The Morgan fingerprint density at radius 2 is 2.00 bits per heavy atom. The van der Waals surface area contributed by atoms with Crippen LogP contribution in [-0.4, -0.2) is 29.3 Å². The van der Waals surface area contributed by atoms with Crippen LogP contribution in [0.2, 0.25) is 5.02 Å². The summed E-state index contributed by atoms with van der Waals surface area (Å²) >= 11 is 5.74. The predicted octanol–water partition coefficient (Wildman–Crippen LogP) is 1.22. The molecule has 1 rings (SSSR count). The van der Waals surface area contributed by atoms with Gasteiger partial charge in [0.1, 0.15) is 5.54 Å². The van der Waals surface area contributed by atoms with E-state index in [-0.39, 0.29) is 13.2 Å². The maximum absolute atomic E-state index is 11.2. The summed E-state index contributed by atoms with van der Waals surface area (Å²) in [6, 6.07) is 6.58. The molecule has 0 saturated carbocycles. The summed E-state index contributed by atoms with van der Waals surface area (Å²) in [6.07, 6.45) is 0. The van der Waals surface area contributed by atoms with Crippen LogP contribution < -0.4 is 5.32 Å². The number of aliphatic hydroxyl groups excluding tert-OH is 1. The summed E-state index contributed by atoms with van der Waals surface area (Å²) in [6.45, 7) is 1.65. The molecule has 0 saturated heterocycles. The lowest BCUT2D eigenvalue weighted by Crippen LogP contribution is -2.47. The highest BCUT2D eigenvalue weighted by atomic mass is 35.5. The molecule has 4 nitrogen and oxygen atoms in total. The van der Waals surface area contributed by atoms with Gasteiger partial charge in [0.25, 0.3) is 0 Å². The highest BCUT2D eigenvalue weighted by Crippen LogP contribution is 2.22. The van der Waals surface area contributed by atoms with Gasteiger partial charge in [0, 0.05) is 11.6 Å². The molecule has 0 heterocycles. The van der Waals surface area contributed by atoms with Crippen LogP contribution in [0.1, 0.15) is 12.5 Å². The fourth-order valence-corrected chi connectivity index (χ4v) is 1.52. The van der Waals surface area contributed by atoms with Crippen molar-refractivity contribution in [1.82, 2.24) is 5.32 Å². The lowest BCUT2D eigenvalue weighted by molar-refractivity contribution is -0.144. The van der Waals surface area contributed by atoms with E-state index >= 15 is 0 Å². The Bertz CT molecular complexity index is 366. The first kappa shape index (κ1) is 13.0. The molecule has 0 fully saturated rings. The molecular weight excluding hydrogens is 230 g/mol. The molecule has 1 aromatic carbocycles. The standard InChI is InChI=1S/C11H14ClNO3/c1-11(10(15)16,13-6-7-14)8-2-4-9(12)5-3-8/h2-5,13-14H,6-7H2,1H3,(H,15,16). The fourth-order valence-electron chi connectivity index (χ4n) is 1.39. The van der Waals surface area contributed by atoms with Crippen molar-refractivity contribution in [3.63, 3.8) is 0 Å². The zero-order valence-corrected chi connectivity index (χ0v) is 9.66. The average molecular weight is 244 g/mol. The Morgan fingerprint density at radius 3 is 2.44 bits per heavy atom. The second-order valence-electron chi connectivity index (χ2n) is 3.59. The smallest absolute Gasteiger partial charge is 0.328 e. The van der Waals surface area contributed by atoms with E-state index in [1.165, 1.54) is 0 Å². The third kappa shape index (κ3) is 2.72. The summed E-state index contributed by atoms with van der Waals surface area (Å²) in [5.41, 5.74) is -0.620. The number of carbonyl (C=O) groups is 1. The molecular formula is C11H14ClNO3. The number of carboxylic acids is 1. The first-order chi connectivity index (χ1) is 7.50. The van der Waals surface area contributed by atoms with Crippen LogP contribution in [0.4, 0.5) is 0 Å². The Morgan fingerprint density at radius 1 is 1.44 bits per heavy atom. The molecule has 16 heavy (non-hydrogen) atoms. The first-order valence-corrected chi connectivity index (χ1v) is 5.24. The largest absolute Gasteiger partial charge is 0.480 e. The zero-order chi connectivity index (χ0) is 12.2. The third-order valence-corrected chi connectivity index (χ3v) is 2.69. The Kier molecular flexibility index (Phi) is 4.29. The quantitative estimate of drug-likeness (QED) is 0.727. The van der Waals surface area contributed by atoms with Crippen LogP contribution in [0, 0.1) is 0 Å². The molecule has 0 aliphatic heterocycles. The van der Waals surface area contributed by atoms with Gasteiger partial charge in [-0.3, -0.25) is 5.32 Å². The van der Waals surface area contributed by atoms with Gasteiger partial charge in [0.05, 0.1) is 6.61 Å². The van der Waals surface area contributed by atoms with Gasteiger partial charge in [-0.15, -0.1) is 0 Å². The first-order valence-electron chi connectivity index (χ1n) is 4.86. The third-order valence-electron chi connectivity index (χ3n) is 2.44. The van der Waals surface area contributed by atoms with Gasteiger partial charge >= 0.3 is 5.97 Å². The van der Waals surface area contributed by atoms with Crippen molar-refractivity contribution in [2.45, 2.75) is 12.5 Å². The minimum absolute atomic E-state index is 0.115. The fraction of sp³-hybridized carbons (Fsp3) is 0.364. The molecule has 1 unspecified atom stereocenters. The number of nitrogens with one attached hydrogen (secondary N) is 1. The Hall–Kier alpha value is -1.10. The van der Waals surface area contributed by atoms with E-state index in [9.17, 15) is 9.90 Å². The van der Waals surface area contributed by atoms with Crippen molar-refractivity contribution in [2.24, 2.45) is 0 Å². The van der Waals surface area contributed by atoms with E-state index in [1.807, 2.05) is 0 Å². The summed E-state index contributed by atoms with van der Waals surface area (Å²) in [4.78, 5) is 11.2. The zero-order valence-electron chi connectivity index (χ0n) is 8.90. The van der Waals surface area contributed by atoms with Crippen LogP contribution in [0.25, 0.3) is 0 Å².